The summed E-state index contributed by atoms with van der Waals surface area (Å²) in [6, 6.07) is 2.23. The van der Waals surface area contributed by atoms with E-state index in [1.165, 1.54) is 0 Å². The molecule has 1 N–H and O–H groups in total. The standard InChI is InChI=1S/C12H22N4O/c1-10(11(17)14-4)15-5-7-16(8-6-15)12(2,3)9-13/h10H,5-8H2,1-4H3,(H,14,17). The minimum Gasteiger partial charge on any atom is -0.358 e. The van der Waals surface area contributed by atoms with Gasteiger partial charge in [-0.2, -0.15) is 5.26 Å². The van der Waals surface area contributed by atoms with Crippen LogP contribution >= 0.6 is 0 Å². The van der Waals surface area contributed by atoms with Crippen LogP contribution in [0.15, 0.2) is 0 Å². The van der Waals surface area contributed by atoms with Crippen LogP contribution in [0.25, 0.3) is 0 Å². The summed E-state index contributed by atoms with van der Waals surface area (Å²) in [5.41, 5.74) is -0.414. The smallest absolute Gasteiger partial charge is 0.236 e. The fraction of sp³-hybridized carbons (Fsp3) is 0.833. The molecule has 0 aliphatic carbocycles. The van der Waals surface area contributed by atoms with Crippen molar-refractivity contribution in [2.45, 2.75) is 32.4 Å². The number of carbonyl (C=O) groups is 1. The Bertz CT molecular complexity index is 313. The van der Waals surface area contributed by atoms with Crippen LogP contribution in [-0.2, 0) is 4.79 Å². The maximum absolute atomic E-state index is 11.5. The lowest BCUT2D eigenvalue weighted by molar-refractivity contribution is -0.126. The van der Waals surface area contributed by atoms with E-state index in [-0.39, 0.29) is 11.9 Å². The van der Waals surface area contributed by atoms with Crippen molar-refractivity contribution in [3.8, 4) is 6.07 Å². The van der Waals surface area contributed by atoms with Gasteiger partial charge in [0.15, 0.2) is 0 Å². The molecule has 1 unspecified atom stereocenters. The molecule has 1 fully saturated rings. The van der Waals surface area contributed by atoms with Crippen molar-refractivity contribution in [3.63, 3.8) is 0 Å². The first kappa shape index (κ1) is 13.9. The molecule has 1 amide bonds. The number of hydrogen-bond donors (Lipinski definition) is 1. The monoisotopic (exact) mass is 238 g/mol. The van der Waals surface area contributed by atoms with Crippen LogP contribution in [0.5, 0.6) is 0 Å². The van der Waals surface area contributed by atoms with Gasteiger partial charge in [-0.1, -0.05) is 0 Å². The molecule has 0 aromatic heterocycles. The molecule has 0 spiro atoms. The van der Waals surface area contributed by atoms with Gasteiger partial charge in [-0.3, -0.25) is 14.6 Å². The quantitative estimate of drug-likeness (QED) is 0.754. The van der Waals surface area contributed by atoms with Gasteiger partial charge in [0.2, 0.25) is 5.91 Å². The molecule has 0 saturated carbocycles. The summed E-state index contributed by atoms with van der Waals surface area (Å²) in [7, 11) is 1.66. The third-order valence-electron chi connectivity index (χ3n) is 3.55. The summed E-state index contributed by atoms with van der Waals surface area (Å²) in [4.78, 5) is 15.8. The van der Waals surface area contributed by atoms with Crippen LogP contribution < -0.4 is 5.32 Å². The number of hydrogen-bond acceptors (Lipinski definition) is 4. The second-order valence-electron chi connectivity index (χ2n) is 4.98. The Balaban J connectivity index is 2.52. The molecular weight excluding hydrogens is 216 g/mol. The molecule has 1 aliphatic rings. The Morgan fingerprint density at radius 2 is 1.88 bits per heavy atom. The zero-order valence-corrected chi connectivity index (χ0v) is 11.2. The van der Waals surface area contributed by atoms with Gasteiger partial charge in [-0.05, 0) is 20.8 Å². The first-order valence-corrected chi connectivity index (χ1v) is 6.04. The van der Waals surface area contributed by atoms with Gasteiger partial charge in [-0.25, -0.2) is 0 Å². The Kier molecular flexibility index (Phi) is 4.49. The van der Waals surface area contributed by atoms with Crippen molar-refractivity contribution >= 4 is 5.91 Å². The lowest BCUT2D eigenvalue weighted by Crippen LogP contribution is -2.57. The molecule has 0 bridgehead atoms. The van der Waals surface area contributed by atoms with Crippen molar-refractivity contribution in [2.75, 3.05) is 33.2 Å². The van der Waals surface area contributed by atoms with E-state index in [4.69, 9.17) is 5.26 Å². The van der Waals surface area contributed by atoms with Crippen LogP contribution in [0.4, 0.5) is 0 Å². The Labute approximate surface area is 103 Å². The first-order valence-electron chi connectivity index (χ1n) is 6.04. The van der Waals surface area contributed by atoms with Gasteiger partial charge in [0.1, 0.15) is 5.54 Å². The highest BCUT2D eigenvalue weighted by atomic mass is 16.2. The van der Waals surface area contributed by atoms with Crippen molar-refractivity contribution in [3.05, 3.63) is 0 Å². The first-order chi connectivity index (χ1) is 7.92. The zero-order valence-electron chi connectivity index (χ0n) is 11.2. The van der Waals surface area contributed by atoms with Gasteiger partial charge in [0.05, 0.1) is 12.1 Å². The Morgan fingerprint density at radius 1 is 1.35 bits per heavy atom. The Hall–Kier alpha value is -1.12. The molecule has 96 valence electrons. The van der Waals surface area contributed by atoms with E-state index in [0.29, 0.717) is 0 Å². The number of nitrogens with zero attached hydrogens (tertiary/aromatic N) is 3. The SMILES string of the molecule is CNC(=O)C(C)N1CCN(C(C)(C)C#N)CC1. The van der Waals surface area contributed by atoms with E-state index in [9.17, 15) is 4.79 Å². The number of carbonyl (C=O) groups excluding carboxylic acids is 1. The number of nitrogens with one attached hydrogen (secondary N) is 1. The summed E-state index contributed by atoms with van der Waals surface area (Å²) in [6.45, 7) is 9.13. The molecule has 1 atom stereocenters. The van der Waals surface area contributed by atoms with E-state index >= 15 is 0 Å². The van der Waals surface area contributed by atoms with E-state index in [2.05, 4.69) is 21.2 Å². The third kappa shape index (κ3) is 3.18. The second-order valence-corrected chi connectivity index (χ2v) is 4.98. The summed E-state index contributed by atoms with van der Waals surface area (Å²) in [5.74, 6) is 0.0537. The molecule has 5 nitrogen and oxygen atoms in total. The molecule has 0 aromatic carbocycles. The average molecular weight is 238 g/mol. The van der Waals surface area contributed by atoms with Crippen molar-refractivity contribution < 1.29 is 4.79 Å². The Morgan fingerprint density at radius 3 is 2.29 bits per heavy atom. The van der Waals surface area contributed by atoms with E-state index in [1.807, 2.05) is 20.8 Å². The summed E-state index contributed by atoms with van der Waals surface area (Å²) < 4.78 is 0. The average Bonchev–Trinajstić information content (AvgIpc) is 2.37. The lowest BCUT2D eigenvalue weighted by Gasteiger charge is -2.42. The fourth-order valence-electron chi connectivity index (χ4n) is 2.11. The van der Waals surface area contributed by atoms with E-state index < -0.39 is 5.54 Å². The molecule has 5 heteroatoms. The van der Waals surface area contributed by atoms with Crippen LogP contribution in [0.2, 0.25) is 0 Å². The largest absolute Gasteiger partial charge is 0.358 e. The van der Waals surface area contributed by atoms with E-state index in [0.717, 1.165) is 26.2 Å². The predicted molar refractivity (Wildman–Crippen MR) is 66.4 cm³/mol. The van der Waals surface area contributed by atoms with Crippen molar-refractivity contribution in [1.82, 2.24) is 15.1 Å². The molecule has 1 rings (SSSR count). The third-order valence-corrected chi connectivity index (χ3v) is 3.55. The highest BCUT2D eigenvalue weighted by Crippen LogP contribution is 2.16. The molecular formula is C12H22N4O. The van der Waals surface area contributed by atoms with Crippen molar-refractivity contribution in [2.24, 2.45) is 0 Å². The van der Waals surface area contributed by atoms with Gasteiger partial charge in [-0.15, -0.1) is 0 Å². The van der Waals surface area contributed by atoms with Gasteiger partial charge in [0.25, 0.3) is 0 Å². The zero-order chi connectivity index (χ0) is 13.1. The number of amides is 1. The van der Waals surface area contributed by atoms with Crippen LogP contribution in [-0.4, -0.2) is 60.5 Å². The van der Waals surface area contributed by atoms with Gasteiger partial charge in [0, 0.05) is 33.2 Å². The highest BCUT2D eigenvalue weighted by Gasteiger charge is 2.32. The maximum Gasteiger partial charge on any atom is 0.236 e. The minimum absolute atomic E-state index is 0.0537. The van der Waals surface area contributed by atoms with Crippen LogP contribution in [0.3, 0.4) is 0 Å². The van der Waals surface area contributed by atoms with Crippen molar-refractivity contribution in [1.29, 1.82) is 5.26 Å². The predicted octanol–water partition coefficient (Wildman–Crippen LogP) is 0.0407. The maximum atomic E-state index is 11.5. The number of piperazine rings is 1. The second kappa shape index (κ2) is 5.48. The normalized spacial score (nSPS) is 20.6. The van der Waals surface area contributed by atoms with Crippen LogP contribution in [0.1, 0.15) is 20.8 Å². The fourth-order valence-corrected chi connectivity index (χ4v) is 2.11. The minimum atomic E-state index is -0.414. The van der Waals surface area contributed by atoms with Gasteiger partial charge < -0.3 is 5.32 Å². The van der Waals surface area contributed by atoms with E-state index in [1.54, 1.807) is 7.05 Å². The molecule has 0 radical (unpaired) electrons. The lowest BCUT2D eigenvalue weighted by atomic mass is 10.0. The summed E-state index contributed by atoms with van der Waals surface area (Å²) in [5, 5.41) is 11.7. The number of likely N-dealkylation sites (N-methyl/N-ethyl adjacent to an activating group) is 1. The van der Waals surface area contributed by atoms with Gasteiger partial charge >= 0.3 is 0 Å². The molecule has 1 heterocycles. The molecule has 0 aromatic rings. The molecule has 17 heavy (non-hydrogen) atoms. The molecule has 1 saturated heterocycles. The number of nitriles is 1. The highest BCUT2D eigenvalue weighted by molar-refractivity contribution is 5.80. The van der Waals surface area contributed by atoms with Crippen LogP contribution in [0, 0.1) is 11.3 Å². The summed E-state index contributed by atoms with van der Waals surface area (Å²) >= 11 is 0. The topological polar surface area (TPSA) is 59.4 Å². The molecule has 1 aliphatic heterocycles. The number of rotatable bonds is 3. The summed E-state index contributed by atoms with van der Waals surface area (Å²) in [6.07, 6.45) is 0.